The Balaban J connectivity index is 2.25. The molecule has 0 aromatic rings. The van der Waals surface area contributed by atoms with Crippen molar-refractivity contribution < 1.29 is 14.3 Å². The van der Waals surface area contributed by atoms with Crippen LogP contribution in [0.2, 0.25) is 0 Å². The molecule has 6 N–H and O–H groups in total. The van der Waals surface area contributed by atoms with Gasteiger partial charge < -0.3 is 26.4 Å². The number of hydrogen-bond acceptors (Lipinski definition) is 6. The Morgan fingerprint density at radius 1 is 1.23 bits per heavy atom. The van der Waals surface area contributed by atoms with Gasteiger partial charge in [0.15, 0.2) is 11.9 Å². The van der Waals surface area contributed by atoms with Crippen molar-refractivity contribution in [2.24, 2.45) is 21.5 Å². The number of nitrogens with two attached hydrogens (primary N) is 2. The zero-order valence-corrected chi connectivity index (χ0v) is 18.6. The molecule has 0 atom stereocenters. The second-order valence-electron chi connectivity index (χ2n) is 7.42. The summed E-state index contributed by atoms with van der Waals surface area (Å²) in [5, 5.41) is 5.56. The number of unbranched alkanes of at least 4 members (excludes halogenated alkanes) is 5. The summed E-state index contributed by atoms with van der Waals surface area (Å²) in [7, 11) is 0. The minimum absolute atomic E-state index is 0.0324. The number of nitrogens with zero attached hydrogens (tertiary/aromatic N) is 3. The molecule has 1 aliphatic rings. The van der Waals surface area contributed by atoms with Crippen LogP contribution in [0, 0.1) is 0 Å². The molecule has 176 valence electrons. The summed E-state index contributed by atoms with van der Waals surface area (Å²) in [4.78, 5) is 34.0. The van der Waals surface area contributed by atoms with Crippen LogP contribution in [-0.4, -0.2) is 68.2 Å². The van der Waals surface area contributed by atoms with Gasteiger partial charge in [0, 0.05) is 26.2 Å². The lowest BCUT2D eigenvalue weighted by atomic mass is 10.1. The number of carbonyl (C=O) groups excluding carboxylic acids is 2. The van der Waals surface area contributed by atoms with Crippen LogP contribution in [0.1, 0.15) is 57.8 Å². The lowest BCUT2D eigenvalue weighted by molar-refractivity contribution is -0.143. The predicted molar refractivity (Wildman–Crippen MR) is 124 cm³/mol. The number of nitrogens with one attached hydrogen (secondary N) is 2. The van der Waals surface area contributed by atoms with Gasteiger partial charge in [-0.3, -0.25) is 20.1 Å². The van der Waals surface area contributed by atoms with Crippen LogP contribution in [0.15, 0.2) is 22.6 Å². The molecule has 0 bridgehead atoms. The molecule has 1 aliphatic heterocycles. The van der Waals surface area contributed by atoms with E-state index in [0.29, 0.717) is 32.2 Å². The van der Waals surface area contributed by atoms with Gasteiger partial charge in [0.05, 0.1) is 19.6 Å². The topological polar surface area (TPSA) is 147 Å². The molecule has 10 heteroatoms. The highest BCUT2D eigenvalue weighted by molar-refractivity contribution is 5.95. The smallest absolute Gasteiger partial charge is 0.324 e. The number of aliphatic imine (C=N–C) groups is 2. The minimum atomic E-state index is -0.293. The van der Waals surface area contributed by atoms with E-state index in [0.717, 1.165) is 57.9 Å². The van der Waals surface area contributed by atoms with Gasteiger partial charge >= 0.3 is 12.0 Å². The molecule has 2 amide bonds. The van der Waals surface area contributed by atoms with Gasteiger partial charge in [-0.05, 0) is 25.7 Å². The first-order chi connectivity index (χ1) is 15.0. The molecule has 31 heavy (non-hydrogen) atoms. The molecule has 0 fully saturated rings. The number of amides is 2. The lowest BCUT2D eigenvalue weighted by Gasteiger charge is -2.23. The molecule has 10 nitrogen and oxygen atoms in total. The number of esters is 1. The molecule has 0 spiro atoms. The highest BCUT2D eigenvalue weighted by Crippen LogP contribution is 2.08. The Bertz CT molecular complexity index is 608. The average molecular weight is 438 g/mol. The van der Waals surface area contributed by atoms with Crippen molar-refractivity contribution in [1.29, 1.82) is 0 Å². The van der Waals surface area contributed by atoms with Crippen LogP contribution >= 0.6 is 0 Å². The van der Waals surface area contributed by atoms with Gasteiger partial charge in [0.25, 0.3) is 0 Å². The summed E-state index contributed by atoms with van der Waals surface area (Å²) in [5.74, 6) is 0.201. The van der Waals surface area contributed by atoms with Crippen LogP contribution in [0.3, 0.4) is 0 Å². The zero-order valence-electron chi connectivity index (χ0n) is 18.6. The molecular weight excluding hydrogens is 398 g/mol. The highest BCUT2D eigenvalue weighted by atomic mass is 16.5. The third kappa shape index (κ3) is 14.0. The number of rotatable bonds is 11. The van der Waals surface area contributed by atoms with E-state index in [1.54, 1.807) is 11.0 Å². The first-order valence-electron chi connectivity index (χ1n) is 11.2. The summed E-state index contributed by atoms with van der Waals surface area (Å²) >= 11 is 0. The van der Waals surface area contributed by atoms with E-state index in [2.05, 4.69) is 27.2 Å². The molecule has 0 aromatic carbocycles. The van der Waals surface area contributed by atoms with Crippen molar-refractivity contribution in [2.75, 3.05) is 39.3 Å². The maximum absolute atomic E-state index is 12.5. The van der Waals surface area contributed by atoms with Gasteiger partial charge in [0.1, 0.15) is 0 Å². The van der Waals surface area contributed by atoms with E-state index in [1.807, 2.05) is 0 Å². The number of hydrogen-bond donors (Lipinski definition) is 4. The van der Waals surface area contributed by atoms with E-state index in [1.165, 1.54) is 0 Å². The lowest BCUT2D eigenvalue weighted by Crippen LogP contribution is -2.46. The molecule has 0 aliphatic carbocycles. The molecule has 0 radical (unpaired) electrons. The van der Waals surface area contributed by atoms with Crippen molar-refractivity contribution >= 4 is 23.9 Å². The molecule has 0 aromatic heterocycles. The van der Waals surface area contributed by atoms with Crippen molar-refractivity contribution in [3.63, 3.8) is 0 Å². The fourth-order valence-electron chi connectivity index (χ4n) is 3.03. The first kappa shape index (κ1) is 26.3. The summed E-state index contributed by atoms with van der Waals surface area (Å²) in [6.07, 6.45) is 9.73. The molecule has 1 heterocycles. The third-order valence-corrected chi connectivity index (χ3v) is 4.75. The van der Waals surface area contributed by atoms with Crippen LogP contribution in [0.25, 0.3) is 0 Å². The predicted octanol–water partition coefficient (Wildman–Crippen LogP) is 1.47. The van der Waals surface area contributed by atoms with E-state index in [4.69, 9.17) is 16.2 Å². The normalized spacial score (nSPS) is 16.8. The monoisotopic (exact) mass is 437 g/mol. The van der Waals surface area contributed by atoms with Gasteiger partial charge in [0.2, 0.25) is 0 Å². The number of guanidine groups is 2. The second kappa shape index (κ2) is 17.0. The van der Waals surface area contributed by atoms with Crippen molar-refractivity contribution in [2.45, 2.75) is 57.8 Å². The molecule has 0 saturated heterocycles. The van der Waals surface area contributed by atoms with E-state index in [9.17, 15) is 9.59 Å². The largest absolute Gasteiger partial charge is 0.466 e. The maximum atomic E-state index is 12.5. The van der Waals surface area contributed by atoms with Gasteiger partial charge in [-0.2, -0.15) is 0 Å². The molecule has 0 saturated carbocycles. The summed E-state index contributed by atoms with van der Waals surface area (Å²) < 4.78 is 5.14. The van der Waals surface area contributed by atoms with Gasteiger partial charge in [-0.25, -0.2) is 4.79 Å². The number of cyclic esters (lactones) is 1. The third-order valence-electron chi connectivity index (χ3n) is 4.75. The van der Waals surface area contributed by atoms with Crippen LogP contribution < -0.4 is 22.1 Å². The van der Waals surface area contributed by atoms with Crippen LogP contribution in [0.5, 0.6) is 0 Å². The van der Waals surface area contributed by atoms with Gasteiger partial charge in [-0.1, -0.05) is 31.8 Å². The quantitative estimate of drug-likeness (QED) is 0.126. The number of urea groups is 1. The Labute approximate surface area is 185 Å². The Morgan fingerprint density at radius 3 is 2.74 bits per heavy atom. The van der Waals surface area contributed by atoms with Gasteiger partial charge in [-0.15, -0.1) is 6.58 Å². The summed E-state index contributed by atoms with van der Waals surface area (Å²) in [6.45, 7) is 6.79. The summed E-state index contributed by atoms with van der Waals surface area (Å²) in [6, 6.07) is -0.242. The average Bonchev–Trinajstić information content (AvgIpc) is 2.75. The fraction of sp³-hybridized carbons (Fsp3) is 0.714. The number of ether oxygens (including phenoxy) is 1. The van der Waals surface area contributed by atoms with Crippen molar-refractivity contribution in [1.82, 2.24) is 15.5 Å². The Morgan fingerprint density at radius 2 is 1.97 bits per heavy atom. The first-order valence-corrected chi connectivity index (χ1v) is 11.2. The fourth-order valence-corrected chi connectivity index (χ4v) is 3.03. The molecule has 1 rings (SSSR count). The van der Waals surface area contributed by atoms with E-state index >= 15 is 0 Å². The highest BCUT2D eigenvalue weighted by Gasteiger charge is 2.14. The van der Waals surface area contributed by atoms with Crippen molar-refractivity contribution in [3.05, 3.63) is 12.7 Å². The SMILES string of the molecule is C=CCNC(N)=NCCCCCCCCN1CCCCOC(=O)CCN=C(N)NC1=O. The Kier molecular flexibility index (Phi) is 14.4. The molecular formula is C21H39N7O3. The second-order valence-corrected chi connectivity index (χ2v) is 7.42. The zero-order chi connectivity index (χ0) is 22.7. The Hall–Kier alpha value is -2.78. The van der Waals surface area contributed by atoms with Crippen molar-refractivity contribution in [3.8, 4) is 0 Å². The number of carbonyl (C=O) groups is 2. The van der Waals surface area contributed by atoms with Crippen LogP contribution in [-0.2, 0) is 9.53 Å². The van der Waals surface area contributed by atoms with Crippen LogP contribution in [0.4, 0.5) is 4.79 Å². The standard InChI is InChI=1S/C21H39N7O3/c1-2-12-24-19(22)25-13-7-5-3-4-6-8-15-28-16-9-10-17-31-18(29)11-14-26-20(23)27-21(28)30/h2H,1,3-17H2,(H3,22,24,25)(H3,23,26,27,30). The maximum Gasteiger partial charge on any atom is 0.324 e. The molecule has 0 unspecified atom stereocenters. The minimum Gasteiger partial charge on any atom is -0.466 e. The summed E-state index contributed by atoms with van der Waals surface area (Å²) in [5.41, 5.74) is 11.5. The van der Waals surface area contributed by atoms with E-state index in [-0.39, 0.29) is 30.9 Å². The van der Waals surface area contributed by atoms with E-state index < -0.39 is 0 Å².